The molecule has 0 bridgehead atoms. The van der Waals surface area contributed by atoms with Crippen molar-refractivity contribution >= 4 is 0 Å². The van der Waals surface area contributed by atoms with Crippen LogP contribution in [-0.2, 0) is 6.54 Å². The predicted molar refractivity (Wildman–Crippen MR) is 83.5 cm³/mol. The molecule has 1 aromatic carbocycles. The van der Waals surface area contributed by atoms with E-state index in [2.05, 4.69) is 28.9 Å². The van der Waals surface area contributed by atoms with Gasteiger partial charge in [0.05, 0.1) is 6.54 Å². The summed E-state index contributed by atoms with van der Waals surface area (Å²) in [7, 11) is 2.05. The first-order valence-electron chi connectivity index (χ1n) is 7.38. The summed E-state index contributed by atoms with van der Waals surface area (Å²) in [4.78, 5) is 6.60. The zero-order valence-corrected chi connectivity index (χ0v) is 13.0. The molecule has 0 fully saturated rings. The van der Waals surface area contributed by atoms with Crippen LogP contribution in [0.5, 0.6) is 0 Å². The Hall–Kier alpha value is -1.72. The van der Waals surface area contributed by atoms with E-state index >= 15 is 0 Å². The van der Waals surface area contributed by atoms with Gasteiger partial charge in [-0.25, -0.2) is 0 Å². The minimum atomic E-state index is 0.234. The number of nitrogens with zero attached hydrogens (tertiary/aromatic N) is 3. The molecule has 2 N–H and O–H groups in total. The van der Waals surface area contributed by atoms with E-state index in [1.54, 1.807) is 0 Å². The number of benzene rings is 1. The molecular formula is C16H24N4O. The molecule has 0 aliphatic heterocycles. The van der Waals surface area contributed by atoms with Gasteiger partial charge in [-0.1, -0.05) is 37.2 Å². The van der Waals surface area contributed by atoms with Crippen molar-refractivity contribution in [2.45, 2.75) is 32.9 Å². The second kappa shape index (κ2) is 7.33. The molecule has 0 aliphatic carbocycles. The van der Waals surface area contributed by atoms with E-state index in [9.17, 15) is 0 Å². The maximum Gasteiger partial charge on any atom is 0.257 e. The van der Waals surface area contributed by atoms with Crippen LogP contribution in [0.4, 0.5) is 0 Å². The van der Waals surface area contributed by atoms with Crippen LogP contribution >= 0.6 is 0 Å². The topological polar surface area (TPSA) is 68.2 Å². The first-order valence-corrected chi connectivity index (χ1v) is 7.38. The van der Waals surface area contributed by atoms with E-state index in [0.29, 0.717) is 24.2 Å². The van der Waals surface area contributed by atoms with Crippen LogP contribution in [0.25, 0.3) is 11.5 Å². The summed E-state index contributed by atoms with van der Waals surface area (Å²) >= 11 is 0. The van der Waals surface area contributed by atoms with E-state index in [1.807, 2.05) is 37.4 Å². The van der Waals surface area contributed by atoms with Crippen LogP contribution in [0.15, 0.2) is 34.9 Å². The average molecular weight is 288 g/mol. The summed E-state index contributed by atoms with van der Waals surface area (Å²) in [5.41, 5.74) is 7.01. The molecular weight excluding hydrogens is 264 g/mol. The lowest BCUT2D eigenvalue weighted by Gasteiger charge is -2.20. The summed E-state index contributed by atoms with van der Waals surface area (Å²) < 4.78 is 5.30. The highest BCUT2D eigenvalue weighted by Crippen LogP contribution is 2.16. The Kier molecular flexibility index (Phi) is 5.47. The molecule has 0 saturated carbocycles. The molecule has 1 unspecified atom stereocenters. The van der Waals surface area contributed by atoms with Gasteiger partial charge < -0.3 is 10.3 Å². The zero-order valence-electron chi connectivity index (χ0n) is 13.0. The zero-order chi connectivity index (χ0) is 15.2. The fourth-order valence-corrected chi connectivity index (χ4v) is 2.04. The van der Waals surface area contributed by atoms with Crippen molar-refractivity contribution in [3.05, 3.63) is 36.2 Å². The van der Waals surface area contributed by atoms with Crippen molar-refractivity contribution in [3.63, 3.8) is 0 Å². The molecule has 114 valence electrons. The van der Waals surface area contributed by atoms with Crippen LogP contribution < -0.4 is 5.73 Å². The molecule has 1 atom stereocenters. The number of aromatic nitrogens is 2. The fraction of sp³-hybridized carbons (Fsp3) is 0.500. The van der Waals surface area contributed by atoms with Gasteiger partial charge in [0.25, 0.3) is 5.89 Å². The van der Waals surface area contributed by atoms with Gasteiger partial charge in [0.2, 0.25) is 0 Å². The van der Waals surface area contributed by atoms with Gasteiger partial charge in [-0.15, -0.1) is 0 Å². The third-order valence-electron chi connectivity index (χ3n) is 3.60. The summed E-state index contributed by atoms with van der Waals surface area (Å²) in [6, 6.07) is 10.0. The largest absolute Gasteiger partial charge is 0.334 e. The highest BCUT2D eigenvalue weighted by atomic mass is 16.5. The lowest BCUT2D eigenvalue weighted by molar-refractivity contribution is 0.284. The van der Waals surface area contributed by atoms with Crippen molar-refractivity contribution in [1.82, 2.24) is 15.0 Å². The van der Waals surface area contributed by atoms with Crippen LogP contribution in [-0.4, -0.2) is 34.7 Å². The SMILES string of the molecule is CC(C)C(N)CCN(C)Cc1noc(-c2ccccc2)n1. The lowest BCUT2D eigenvalue weighted by Crippen LogP contribution is -2.31. The molecule has 0 amide bonds. The van der Waals surface area contributed by atoms with Gasteiger partial charge >= 0.3 is 0 Å². The Bertz CT molecular complexity index is 538. The van der Waals surface area contributed by atoms with Gasteiger partial charge in [-0.3, -0.25) is 4.90 Å². The Balaban J connectivity index is 1.88. The van der Waals surface area contributed by atoms with Gasteiger partial charge in [0, 0.05) is 11.6 Å². The Morgan fingerprint density at radius 1 is 1.24 bits per heavy atom. The smallest absolute Gasteiger partial charge is 0.257 e. The summed E-state index contributed by atoms with van der Waals surface area (Å²) in [6.45, 7) is 5.89. The summed E-state index contributed by atoms with van der Waals surface area (Å²) in [5.74, 6) is 1.78. The molecule has 1 heterocycles. The van der Waals surface area contributed by atoms with Gasteiger partial charge in [0.1, 0.15) is 0 Å². The van der Waals surface area contributed by atoms with Crippen molar-refractivity contribution in [2.24, 2.45) is 11.7 Å². The second-order valence-electron chi connectivity index (χ2n) is 5.82. The second-order valence-corrected chi connectivity index (χ2v) is 5.82. The first kappa shape index (κ1) is 15.7. The quantitative estimate of drug-likeness (QED) is 0.848. The monoisotopic (exact) mass is 288 g/mol. The molecule has 2 aromatic rings. The summed E-state index contributed by atoms with van der Waals surface area (Å²) in [5, 5.41) is 4.04. The van der Waals surface area contributed by atoms with Crippen LogP contribution in [0.2, 0.25) is 0 Å². The maximum absolute atomic E-state index is 6.06. The molecule has 5 heteroatoms. The van der Waals surface area contributed by atoms with E-state index in [0.717, 1.165) is 18.5 Å². The van der Waals surface area contributed by atoms with E-state index in [1.165, 1.54) is 0 Å². The van der Waals surface area contributed by atoms with Crippen molar-refractivity contribution in [3.8, 4) is 11.5 Å². The normalized spacial score (nSPS) is 13.0. The molecule has 21 heavy (non-hydrogen) atoms. The van der Waals surface area contributed by atoms with E-state index in [4.69, 9.17) is 10.3 Å². The van der Waals surface area contributed by atoms with Crippen LogP contribution in [0, 0.1) is 5.92 Å². The molecule has 0 saturated heterocycles. The average Bonchev–Trinajstić information content (AvgIpc) is 2.94. The van der Waals surface area contributed by atoms with Gasteiger partial charge in [-0.2, -0.15) is 4.98 Å². The maximum atomic E-state index is 6.06. The molecule has 0 radical (unpaired) electrons. The third kappa shape index (κ3) is 4.65. The predicted octanol–water partition coefficient (Wildman–Crippen LogP) is 2.54. The number of hydrogen-bond acceptors (Lipinski definition) is 5. The molecule has 0 aliphatic rings. The Morgan fingerprint density at radius 2 is 1.95 bits per heavy atom. The number of hydrogen-bond donors (Lipinski definition) is 1. The molecule has 2 rings (SSSR count). The van der Waals surface area contributed by atoms with E-state index in [-0.39, 0.29) is 6.04 Å². The van der Waals surface area contributed by atoms with Gasteiger partial charge in [0.15, 0.2) is 5.82 Å². The minimum absolute atomic E-state index is 0.234. The molecule has 0 spiro atoms. The standard InChI is InChI=1S/C16H24N4O/c1-12(2)14(17)9-10-20(3)11-15-18-16(21-19-15)13-7-5-4-6-8-13/h4-8,12,14H,9-11,17H2,1-3H3. The number of nitrogens with two attached hydrogens (primary N) is 1. The summed E-state index contributed by atoms with van der Waals surface area (Å²) in [6.07, 6.45) is 0.970. The minimum Gasteiger partial charge on any atom is -0.334 e. The Morgan fingerprint density at radius 3 is 2.62 bits per heavy atom. The van der Waals surface area contributed by atoms with Crippen molar-refractivity contribution < 1.29 is 4.52 Å². The van der Waals surface area contributed by atoms with E-state index < -0.39 is 0 Å². The first-order chi connectivity index (χ1) is 10.1. The highest BCUT2D eigenvalue weighted by Gasteiger charge is 2.12. The van der Waals surface area contributed by atoms with Gasteiger partial charge in [-0.05, 0) is 38.1 Å². The number of rotatable bonds is 7. The molecule has 1 aromatic heterocycles. The van der Waals surface area contributed by atoms with Crippen LogP contribution in [0.3, 0.4) is 0 Å². The lowest BCUT2D eigenvalue weighted by atomic mass is 10.0. The Labute approximate surface area is 126 Å². The fourth-order valence-electron chi connectivity index (χ4n) is 2.04. The third-order valence-corrected chi connectivity index (χ3v) is 3.60. The highest BCUT2D eigenvalue weighted by molar-refractivity contribution is 5.51. The van der Waals surface area contributed by atoms with Crippen molar-refractivity contribution in [1.29, 1.82) is 0 Å². The van der Waals surface area contributed by atoms with Crippen molar-refractivity contribution in [2.75, 3.05) is 13.6 Å². The molecule has 5 nitrogen and oxygen atoms in total. The van der Waals surface area contributed by atoms with Crippen LogP contribution in [0.1, 0.15) is 26.1 Å².